The minimum atomic E-state index is -0.0258. The van der Waals surface area contributed by atoms with Gasteiger partial charge in [0.2, 0.25) is 0 Å². The first-order valence-corrected chi connectivity index (χ1v) is 3.24. The first-order valence-electron chi connectivity index (χ1n) is 3.24. The summed E-state index contributed by atoms with van der Waals surface area (Å²) in [5, 5.41) is 17.1. The summed E-state index contributed by atoms with van der Waals surface area (Å²) in [5.41, 5.74) is 0. The lowest BCUT2D eigenvalue weighted by molar-refractivity contribution is -0.0119. The Balaban J connectivity index is 2.20. The molecule has 1 heterocycles. The van der Waals surface area contributed by atoms with Gasteiger partial charge in [0.25, 0.3) is 0 Å². The maximum Gasteiger partial charge on any atom is 0.0811 e. The SMILES string of the molecule is OC[C@@H]1CC[C@@H](CO)O1. The van der Waals surface area contributed by atoms with Crippen LogP contribution in [0.2, 0.25) is 0 Å². The minimum Gasteiger partial charge on any atom is -0.394 e. The van der Waals surface area contributed by atoms with E-state index in [1.807, 2.05) is 0 Å². The summed E-state index contributed by atoms with van der Waals surface area (Å²) in [5.74, 6) is 0. The van der Waals surface area contributed by atoms with Crippen molar-refractivity contribution in [1.82, 2.24) is 0 Å². The van der Waals surface area contributed by atoms with E-state index in [4.69, 9.17) is 14.9 Å². The van der Waals surface area contributed by atoms with Gasteiger partial charge in [-0.15, -0.1) is 0 Å². The van der Waals surface area contributed by atoms with E-state index < -0.39 is 0 Å². The molecule has 2 atom stereocenters. The molecule has 1 rings (SSSR count). The molecule has 54 valence electrons. The fourth-order valence-electron chi connectivity index (χ4n) is 1.05. The zero-order valence-electron chi connectivity index (χ0n) is 5.29. The highest BCUT2D eigenvalue weighted by Gasteiger charge is 2.23. The van der Waals surface area contributed by atoms with E-state index in [2.05, 4.69) is 0 Å². The second kappa shape index (κ2) is 3.15. The van der Waals surface area contributed by atoms with E-state index >= 15 is 0 Å². The largest absolute Gasteiger partial charge is 0.394 e. The van der Waals surface area contributed by atoms with Crippen LogP contribution in [-0.4, -0.2) is 35.6 Å². The lowest BCUT2D eigenvalue weighted by Crippen LogP contribution is -2.16. The molecule has 0 aromatic heterocycles. The Labute approximate surface area is 54.3 Å². The summed E-state index contributed by atoms with van der Waals surface area (Å²) < 4.78 is 5.16. The molecule has 2 N–H and O–H groups in total. The van der Waals surface area contributed by atoms with Gasteiger partial charge in [-0.3, -0.25) is 0 Å². The molecule has 3 nitrogen and oxygen atoms in total. The van der Waals surface area contributed by atoms with E-state index in [9.17, 15) is 0 Å². The van der Waals surface area contributed by atoms with Crippen LogP contribution in [0, 0.1) is 0 Å². The van der Waals surface area contributed by atoms with Crippen LogP contribution in [0.5, 0.6) is 0 Å². The van der Waals surface area contributed by atoms with Crippen LogP contribution < -0.4 is 0 Å². The Kier molecular flexibility index (Phi) is 2.45. The van der Waals surface area contributed by atoms with Crippen LogP contribution in [0.25, 0.3) is 0 Å². The fraction of sp³-hybridized carbons (Fsp3) is 1.00. The molecule has 0 radical (unpaired) electrons. The number of rotatable bonds is 2. The van der Waals surface area contributed by atoms with Gasteiger partial charge in [-0.2, -0.15) is 0 Å². The maximum absolute atomic E-state index is 8.57. The van der Waals surface area contributed by atoms with Crippen molar-refractivity contribution in [2.45, 2.75) is 25.0 Å². The van der Waals surface area contributed by atoms with Gasteiger partial charge in [-0.1, -0.05) is 0 Å². The van der Waals surface area contributed by atoms with Gasteiger partial charge < -0.3 is 14.9 Å². The monoisotopic (exact) mass is 132 g/mol. The van der Waals surface area contributed by atoms with Gasteiger partial charge in [0.15, 0.2) is 0 Å². The van der Waals surface area contributed by atoms with Crippen molar-refractivity contribution in [3.63, 3.8) is 0 Å². The quantitative estimate of drug-likeness (QED) is 0.533. The third-order valence-electron chi connectivity index (χ3n) is 1.60. The van der Waals surface area contributed by atoms with Crippen molar-refractivity contribution >= 4 is 0 Å². The Morgan fingerprint density at radius 1 is 1.11 bits per heavy atom. The molecular weight excluding hydrogens is 120 g/mol. The van der Waals surface area contributed by atoms with Gasteiger partial charge in [0.05, 0.1) is 25.4 Å². The normalized spacial score (nSPS) is 35.3. The Morgan fingerprint density at radius 2 is 1.56 bits per heavy atom. The molecule has 0 saturated carbocycles. The third kappa shape index (κ3) is 1.64. The second-order valence-electron chi connectivity index (χ2n) is 2.32. The second-order valence-corrected chi connectivity index (χ2v) is 2.32. The number of hydrogen-bond acceptors (Lipinski definition) is 3. The standard InChI is InChI=1S/C6H12O3/c7-3-5-1-2-6(4-8)9-5/h5-8H,1-4H2/t5-,6-/m0/s1. The smallest absolute Gasteiger partial charge is 0.0811 e. The van der Waals surface area contributed by atoms with Crippen LogP contribution in [0.1, 0.15) is 12.8 Å². The first kappa shape index (κ1) is 6.99. The Morgan fingerprint density at radius 3 is 1.78 bits per heavy atom. The lowest BCUT2D eigenvalue weighted by Gasteiger charge is -2.07. The third-order valence-corrected chi connectivity index (χ3v) is 1.60. The van der Waals surface area contributed by atoms with Crippen LogP contribution in [-0.2, 0) is 4.74 Å². The number of aliphatic hydroxyl groups is 2. The van der Waals surface area contributed by atoms with E-state index in [-0.39, 0.29) is 25.4 Å². The molecule has 3 heteroatoms. The van der Waals surface area contributed by atoms with Gasteiger partial charge in [-0.05, 0) is 12.8 Å². The van der Waals surface area contributed by atoms with Gasteiger partial charge in [0, 0.05) is 0 Å². The molecule has 0 spiro atoms. The summed E-state index contributed by atoms with van der Waals surface area (Å²) in [4.78, 5) is 0. The Bertz CT molecular complexity index is 74.4. The zero-order valence-corrected chi connectivity index (χ0v) is 5.29. The summed E-state index contributed by atoms with van der Waals surface area (Å²) in [6.45, 7) is 0.160. The molecule has 1 fully saturated rings. The molecule has 9 heavy (non-hydrogen) atoms. The minimum absolute atomic E-state index is 0.0258. The summed E-state index contributed by atoms with van der Waals surface area (Å²) in [7, 11) is 0. The molecule has 0 aromatic carbocycles. The van der Waals surface area contributed by atoms with E-state index in [0.29, 0.717) is 0 Å². The highest BCUT2D eigenvalue weighted by molar-refractivity contribution is 4.71. The van der Waals surface area contributed by atoms with Crippen molar-refractivity contribution in [3.05, 3.63) is 0 Å². The predicted octanol–water partition coefficient (Wildman–Crippen LogP) is -0.481. The highest BCUT2D eigenvalue weighted by atomic mass is 16.5. The van der Waals surface area contributed by atoms with Crippen molar-refractivity contribution in [1.29, 1.82) is 0 Å². The Hall–Kier alpha value is -0.120. The zero-order chi connectivity index (χ0) is 6.69. The molecule has 0 aromatic rings. The molecule has 1 aliphatic rings. The topological polar surface area (TPSA) is 49.7 Å². The molecule has 0 amide bonds. The molecule has 1 aliphatic heterocycles. The highest BCUT2D eigenvalue weighted by Crippen LogP contribution is 2.17. The molecular formula is C6H12O3. The van der Waals surface area contributed by atoms with Gasteiger partial charge >= 0.3 is 0 Å². The summed E-state index contributed by atoms with van der Waals surface area (Å²) in [6, 6.07) is 0. The lowest BCUT2D eigenvalue weighted by atomic mass is 10.2. The van der Waals surface area contributed by atoms with E-state index in [1.165, 1.54) is 0 Å². The van der Waals surface area contributed by atoms with Crippen LogP contribution >= 0.6 is 0 Å². The summed E-state index contributed by atoms with van der Waals surface area (Å²) in [6.07, 6.45) is 1.70. The molecule has 0 bridgehead atoms. The number of aliphatic hydroxyl groups excluding tert-OH is 2. The number of ether oxygens (including phenoxy) is 1. The summed E-state index contributed by atoms with van der Waals surface area (Å²) >= 11 is 0. The maximum atomic E-state index is 8.57. The average molecular weight is 132 g/mol. The van der Waals surface area contributed by atoms with Crippen molar-refractivity contribution in [3.8, 4) is 0 Å². The molecule has 1 saturated heterocycles. The van der Waals surface area contributed by atoms with Gasteiger partial charge in [0.1, 0.15) is 0 Å². The average Bonchev–Trinajstić information content (AvgIpc) is 2.34. The van der Waals surface area contributed by atoms with Crippen molar-refractivity contribution < 1.29 is 14.9 Å². The predicted molar refractivity (Wildman–Crippen MR) is 32.1 cm³/mol. The van der Waals surface area contributed by atoms with E-state index in [0.717, 1.165) is 12.8 Å². The number of hydrogen-bond donors (Lipinski definition) is 2. The van der Waals surface area contributed by atoms with Crippen LogP contribution in [0.15, 0.2) is 0 Å². The van der Waals surface area contributed by atoms with Crippen LogP contribution in [0.3, 0.4) is 0 Å². The van der Waals surface area contributed by atoms with Crippen molar-refractivity contribution in [2.75, 3.05) is 13.2 Å². The van der Waals surface area contributed by atoms with Crippen LogP contribution in [0.4, 0.5) is 0 Å². The molecule has 0 unspecified atom stereocenters. The first-order chi connectivity index (χ1) is 4.36. The van der Waals surface area contributed by atoms with Crippen molar-refractivity contribution in [2.24, 2.45) is 0 Å². The van der Waals surface area contributed by atoms with E-state index in [1.54, 1.807) is 0 Å². The van der Waals surface area contributed by atoms with Gasteiger partial charge in [-0.25, -0.2) is 0 Å². The fourth-order valence-corrected chi connectivity index (χ4v) is 1.05. The molecule has 0 aliphatic carbocycles.